The molecule has 1 atom stereocenters. The van der Waals surface area contributed by atoms with Crippen LogP contribution >= 0.6 is 0 Å². The quantitative estimate of drug-likeness (QED) is 0.669. The van der Waals surface area contributed by atoms with Gasteiger partial charge in [0.05, 0.1) is 6.20 Å². The highest BCUT2D eigenvalue weighted by Crippen LogP contribution is 2.27. The van der Waals surface area contributed by atoms with Gasteiger partial charge in [0.2, 0.25) is 5.72 Å². The van der Waals surface area contributed by atoms with Crippen LogP contribution in [0.4, 0.5) is 0 Å². The third kappa shape index (κ3) is 1.04. The summed E-state index contributed by atoms with van der Waals surface area (Å²) >= 11 is 0. The molecule has 0 bridgehead atoms. The Morgan fingerprint density at radius 3 is 2.50 bits per heavy atom. The molecule has 1 heterocycles. The van der Waals surface area contributed by atoms with E-state index >= 15 is 0 Å². The van der Waals surface area contributed by atoms with E-state index in [2.05, 4.69) is 10.2 Å². The van der Waals surface area contributed by atoms with Crippen molar-refractivity contribution in [2.75, 3.05) is 0 Å². The van der Waals surface area contributed by atoms with Crippen LogP contribution in [-0.4, -0.2) is 5.11 Å². The van der Waals surface area contributed by atoms with Crippen LogP contribution in [0, 0.1) is 0 Å². The Labute approximate surface area is 70.1 Å². The van der Waals surface area contributed by atoms with E-state index in [0.717, 1.165) is 5.56 Å². The van der Waals surface area contributed by atoms with Gasteiger partial charge in [-0.3, -0.25) is 0 Å². The Morgan fingerprint density at radius 1 is 1.17 bits per heavy atom. The van der Waals surface area contributed by atoms with Gasteiger partial charge in [-0.05, 0) is 6.08 Å². The topological polar surface area (TPSA) is 45.0 Å². The molecular weight excluding hydrogens is 152 g/mol. The lowest BCUT2D eigenvalue weighted by atomic mass is 10.0. The van der Waals surface area contributed by atoms with Gasteiger partial charge in [0.15, 0.2) is 0 Å². The molecular formula is C9H8N2O. The van der Waals surface area contributed by atoms with Crippen molar-refractivity contribution in [2.24, 2.45) is 10.2 Å². The minimum Gasteiger partial charge on any atom is -0.361 e. The second-order valence-corrected chi connectivity index (χ2v) is 2.62. The van der Waals surface area contributed by atoms with Gasteiger partial charge in [0, 0.05) is 5.56 Å². The van der Waals surface area contributed by atoms with E-state index in [1.807, 2.05) is 30.3 Å². The molecule has 1 aromatic carbocycles. The third-order valence-corrected chi connectivity index (χ3v) is 1.78. The molecule has 1 aliphatic rings. The first-order valence-electron chi connectivity index (χ1n) is 3.69. The molecule has 0 amide bonds. The zero-order valence-corrected chi connectivity index (χ0v) is 6.38. The molecule has 0 spiro atoms. The van der Waals surface area contributed by atoms with Gasteiger partial charge in [-0.2, -0.15) is 5.11 Å². The molecule has 1 aromatic rings. The van der Waals surface area contributed by atoms with E-state index in [4.69, 9.17) is 0 Å². The van der Waals surface area contributed by atoms with Crippen molar-refractivity contribution < 1.29 is 5.11 Å². The first-order valence-corrected chi connectivity index (χ1v) is 3.69. The van der Waals surface area contributed by atoms with Gasteiger partial charge < -0.3 is 5.11 Å². The van der Waals surface area contributed by atoms with Crippen LogP contribution in [0.3, 0.4) is 0 Å². The van der Waals surface area contributed by atoms with Crippen molar-refractivity contribution in [2.45, 2.75) is 5.72 Å². The molecule has 1 unspecified atom stereocenters. The van der Waals surface area contributed by atoms with Crippen LogP contribution in [0.5, 0.6) is 0 Å². The molecule has 2 rings (SSSR count). The molecule has 0 radical (unpaired) electrons. The van der Waals surface area contributed by atoms with Crippen LogP contribution in [0.2, 0.25) is 0 Å². The molecule has 60 valence electrons. The van der Waals surface area contributed by atoms with E-state index in [-0.39, 0.29) is 0 Å². The fourth-order valence-corrected chi connectivity index (χ4v) is 1.13. The second-order valence-electron chi connectivity index (χ2n) is 2.62. The molecule has 12 heavy (non-hydrogen) atoms. The predicted molar refractivity (Wildman–Crippen MR) is 44.3 cm³/mol. The predicted octanol–water partition coefficient (Wildman–Crippen LogP) is 1.81. The summed E-state index contributed by atoms with van der Waals surface area (Å²) in [5, 5.41) is 17.1. The maximum Gasteiger partial charge on any atom is 0.223 e. The Kier molecular flexibility index (Phi) is 1.52. The average Bonchev–Trinajstić information content (AvgIpc) is 2.55. The number of aliphatic hydroxyl groups is 1. The minimum atomic E-state index is -1.23. The fraction of sp³-hybridized carbons (Fsp3) is 0.111. The van der Waals surface area contributed by atoms with Gasteiger partial charge in [0.25, 0.3) is 0 Å². The monoisotopic (exact) mass is 160 g/mol. The van der Waals surface area contributed by atoms with Gasteiger partial charge in [0.1, 0.15) is 0 Å². The molecule has 0 aromatic heterocycles. The molecule has 1 N–H and O–H groups in total. The molecule has 0 aliphatic carbocycles. The zero-order valence-electron chi connectivity index (χ0n) is 6.38. The van der Waals surface area contributed by atoms with Crippen LogP contribution in [0.15, 0.2) is 52.8 Å². The van der Waals surface area contributed by atoms with E-state index in [0.29, 0.717) is 0 Å². The number of hydrogen-bond donors (Lipinski definition) is 1. The molecule has 1 aliphatic heterocycles. The maximum atomic E-state index is 9.82. The number of nitrogens with zero attached hydrogens (tertiary/aromatic N) is 2. The minimum absolute atomic E-state index is 0.738. The summed E-state index contributed by atoms with van der Waals surface area (Å²) in [6.45, 7) is 0. The lowest BCUT2D eigenvalue weighted by Crippen LogP contribution is -2.16. The van der Waals surface area contributed by atoms with Crippen molar-refractivity contribution in [3.05, 3.63) is 48.2 Å². The maximum absolute atomic E-state index is 9.82. The van der Waals surface area contributed by atoms with Gasteiger partial charge in [-0.1, -0.05) is 30.3 Å². The Balaban J connectivity index is 2.43. The van der Waals surface area contributed by atoms with E-state index < -0.39 is 5.72 Å². The van der Waals surface area contributed by atoms with Crippen LogP contribution in [-0.2, 0) is 5.72 Å². The number of hydrogen-bond acceptors (Lipinski definition) is 3. The first-order chi connectivity index (χ1) is 5.81. The molecule has 3 nitrogen and oxygen atoms in total. The normalized spacial score (nSPS) is 26.4. The Hall–Kier alpha value is -1.48. The van der Waals surface area contributed by atoms with E-state index in [9.17, 15) is 5.11 Å². The van der Waals surface area contributed by atoms with Crippen molar-refractivity contribution in [1.82, 2.24) is 0 Å². The zero-order chi connectivity index (χ0) is 8.44. The Morgan fingerprint density at radius 2 is 1.92 bits per heavy atom. The lowest BCUT2D eigenvalue weighted by Gasteiger charge is -2.14. The number of benzene rings is 1. The molecule has 0 saturated carbocycles. The summed E-state index contributed by atoms with van der Waals surface area (Å²) in [5.74, 6) is 0. The fourth-order valence-electron chi connectivity index (χ4n) is 1.13. The molecule has 0 fully saturated rings. The lowest BCUT2D eigenvalue weighted by molar-refractivity contribution is 0.0979. The highest BCUT2D eigenvalue weighted by Gasteiger charge is 2.27. The van der Waals surface area contributed by atoms with Crippen molar-refractivity contribution in [3.8, 4) is 0 Å². The molecule has 3 heteroatoms. The average molecular weight is 160 g/mol. The number of azo groups is 1. The van der Waals surface area contributed by atoms with Crippen molar-refractivity contribution >= 4 is 0 Å². The number of rotatable bonds is 1. The SMILES string of the molecule is OC1(c2ccccc2)C=CN=N1. The van der Waals surface area contributed by atoms with Crippen LogP contribution < -0.4 is 0 Å². The van der Waals surface area contributed by atoms with Crippen LogP contribution in [0.1, 0.15) is 5.56 Å². The van der Waals surface area contributed by atoms with Gasteiger partial charge in [-0.15, -0.1) is 5.11 Å². The smallest absolute Gasteiger partial charge is 0.223 e. The standard InChI is InChI=1S/C9H8N2O/c12-9(6-7-10-11-9)8-4-2-1-3-5-8/h1-7,12H. The summed E-state index contributed by atoms with van der Waals surface area (Å²) in [6, 6.07) is 9.23. The summed E-state index contributed by atoms with van der Waals surface area (Å²) in [4.78, 5) is 0. The van der Waals surface area contributed by atoms with Crippen molar-refractivity contribution in [1.29, 1.82) is 0 Å². The van der Waals surface area contributed by atoms with Gasteiger partial charge in [-0.25, -0.2) is 0 Å². The molecule has 0 saturated heterocycles. The summed E-state index contributed by atoms with van der Waals surface area (Å²) in [5.41, 5.74) is -0.496. The Bertz CT molecular complexity index is 318. The summed E-state index contributed by atoms with van der Waals surface area (Å²) in [6.07, 6.45) is 3.05. The largest absolute Gasteiger partial charge is 0.361 e. The van der Waals surface area contributed by atoms with Gasteiger partial charge >= 0.3 is 0 Å². The van der Waals surface area contributed by atoms with E-state index in [1.165, 1.54) is 6.20 Å². The van der Waals surface area contributed by atoms with E-state index in [1.54, 1.807) is 6.08 Å². The highest BCUT2D eigenvalue weighted by molar-refractivity contribution is 5.27. The summed E-state index contributed by atoms with van der Waals surface area (Å²) < 4.78 is 0. The first kappa shape index (κ1) is 7.18. The summed E-state index contributed by atoms with van der Waals surface area (Å²) in [7, 11) is 0. The highest BCUT2D eigenvalue weighted by atomic mass is 16.3. The van der Waals surface area contributed by atoms with Crippen molar-refractivity contribution in [3.63, 3.8) is 0 Å². The second kappa shape index (κ2) is 2.53. The van der Waals surface area contributed by atoms with Crippen LogP contribution in [0.25, 0.3) is 0 Å². The third-order valence-electron chi connectivity index (χ3n) is 1.78.